The number of nitrogens with one attached hydrogen (secondary N) is 1. The van der Waals surface area contributed by atoms with Crippen molar-refractivity contribution in [3.05, 3.63) is 81.0 Å². The number of piperazine rings is 1. The molecule has 0 radical (unpaired) electrons. The quantitative estimate of drug-likeness (QED) is 0.361. The van der Waals surface area contributed by atoms with Gasteiger partial charge < -0.3 is 9.72 Å². The summed E-state index contributed by atoms with van der Waals surface area (Å²) in [5.41, 5.74) is 2.69. The van der Waals surface area contributed by atoms with E-state index in [-0.39, 0.29) is 22.7 Å². The number of aromatic nitrogens is 3. The molecule has 1 saturated heterocycles. The second-order valence-corrected chi connectivity index (χ2v) is 11.5. The average Bonchev–Trinajstić information content (AvgIpc) is 3.40. The molecule has 0 aliphatic carbocycles. The van der Waals surface area contributed by atoms with Crippen molar-refractivity contribution in [2.45, 2.75) is 38.4 Å². The molecule has 0 amide bonds. The molecule has 11 heteroatoms. The molecule has 2 aromatic heterocycles. The first-order valence-corrected chi connectivity index (χ1v) is 14.5. The van der Waals surface area contributed by atoms with Crippen LogP contribution in [0.15, 0.2) is 69.1 Å². The first-order valence-electron chi connectivity index (χ1n) is 13.1. The summed E-state index contributed by atoms with van der Waals surface area (Å²) >= 11 is 0. The molecule has 0 spiro atoms. The van der Waals surface area contributed by atoms with Crippen molar-refractivity contribution in [2.75, 3.05) is 33.3 Å². The van der Waals surface area contributed by atoms with Gasteiger partial charge in [0, 0.05) is 51.5 Å². The number of rotatable bonds is 8. The molecule has 1 aliphatic heterocycles. The third-order valence-electron chi connectivity index (χ3n) is 7.32. The number of nitrogens with zero attached hydrogens (tertiary/aromatic N) is 4. The predicted octanol–water partition coefficient (Wildman–Crippen LogP) is 2.71. The van der Waals surface area contributed by atoms with Gasteiger partial charge in [-0.25, -0.2) is 13.2 Å². The molecule has 3 heterocycles. The minimum absolute atomic E-state index is 0.224. The molecule has 1 fully saturated rings. The lowest BCUT2D eigenvalue weighted by atomic mass is 10.1. The normalized spacial score (nSPS) is 15.2. The molecule has 1 aliphatic rings. The highest BCUT2D eigenvalue weighted by Gasteiger charge is 2.28. The van der Waals surface area contributed by atoms with E-state index in [9.17, 15) is 18.0 Å². The Morgan fingerprint density at radius 3 is 2.23 bits per heavy atom. The fraction of sp³-hybridized carbons (Fsp3) is 0.357. The first kappa shape index (κ1) is 26.9. The van der Waals surface area contributed by atoms with Crippen molar-refractivity contribution < 1.29 is 13.2 Å². The number of benzene rings is 2. The number of sulfonamides is 1. The number of H-pyrrole nitrogens is 1. The van der Waals surface area contributed by atoms with E-state index in [0.717, 1.165) is 23.4 Å². The minimum Gasteiger partial charge on any atom is -0.497 e. The van der Waals surface area contributed by atoms with E-state index in [2.05, 4.69) is 9.88 Å². The Morgan fingerprint density at radius 2 is 1.59 bits per heavy atom. The highest BCUT2D eigenvalue weighted by atomic mass is 32.2. The molecule has 39 heavy (non-hydrogen) atoms. The van der Waals surface area contributed by atoms with Crippen LogP contribution in [-0.4, -0.2) is 65.0 Å². The number of ether oxygens (including phenoxy) is 1. The fourth-order valence-electron chi connectivity index (χ4n) is 5.14. The van der Waals surface area contributed by atoms with Crippen molar-refractivity contribution in [2.24, 2.45) is 0 Å². The van der Waals surface area contributed by atoms with E-state index in [0.29, 0.717) is 49.5 Å². The number of fused-ring (bicyclic) bond motifs is 1. The number of methoxy groups -OCH3 is 1. The molecule has 0 bridgehead atoms. The van der Waals surface area contributed by atoms with Crippen LogP contribution in [0, 0.1) is 0 Å². The Kier molecular flexibility index (Phi) is 7.48. The molecule has 0 saturated carbocycles. The van der Waals surface area contributed by atoms with Crippen LogP contribution in [0.25, 0.3) is 22.3 Å². The summed E-state index contributed by atoms with van der Waals surface area (Å²) in [5, 5.41) is 0. The Balaban J connectivity index is 1.32. The van der Waals surface area contributed by atoms with Crippen LogP contribution in [0.3, 0.4) is 0 Å². The summed E-state index contributed by atoms with van der Waals surface area (Å²) < 4.78 is 36.3. The number of aromatic amines is 1. The second-order valence-electron chi connectivity index (χ2n) is 9.58. The van der Waals surface area contributed by atoms with Crippen LogP contribution in [-0.2, 0) is 29.7 Å². The molecule has 0 atom stereocenters. The molecule has 1 N–H and O–H groups in total. The topological polar surface area (TPSA) is 110 Å². The lowest BCUT2D eigenvalue weighted by Crippen LogP contribution is -2.48. The van der Waals surface area contributed by atoms with Gasteiger partial charge in [0.15, 0.2) is 0 Å². The van der Waals surface area contributed by atoms with Crippen molar-refractivity contribution in [1.29, 1.82) is 0 Å². The minimum atomic E-state index is -3.65. The molecular formula is C28H33N5O5S. The summed E-state index contributed by atoms with van der Waals surface area (Å²) in [6.07, 6.45) is 0. The van der Waals surface area contributed by atoms with Gasteiger partial charge in [-0.2, -0.15) is 4.31 Å². The highest BCUT2D eigenvalue weighted by molar-refractivity contribution is 7.89. The molecule has 4 aromatic rings. The van der Waals surface area contributed by atoms with Gasteiger partial charge in [0.05, 0.1) is 17.5 Å². The maximum Gasteiger partial charge on any atom is 0.331 e. The summed E-state index contributed by atoms with van der Waals surface area (Å²) in [4.78, 5) is 31.1. The molecule has 0 unspecified atom stereocenters. The zero-order chi connectivity index (χ0) is 27.7. The Morgan fingerprint density at radius 1 is 0.897 bits per heavy atom. The lowest BCUT2D eigenvalue weighted by Gasteiger charge is -2.34. The van der Waals surface area contributed by atoms with Crippen molar-refractivity contribution in [3.8, 4) is 17.0 Å². The number of hydrogen-bond donors (Lipinski definition) is 1. The van der Waals surface area contributed by atoms with Gasteiger partial charge in [0.1, 0.15) is 11.3 Å². The monoisotopic (exact) mass is 551 g/mol. The van der Waals surface area contributed by atoms with E-state index in [1.165, 1.54) is 8.87 Å². The Hall–Kier alpha value is -3.67. The summed E-state index contributed by atoms with van der Waals surface area (Å²) in [5.74, 6) is 0.808. The zero-order valence-electron chi connectivity index (χ0n) is 22.4. The van der Waals surface area contributed by atoms with E-state index in [1.807, 2.05) is 31.2 Å². The smallest absolute Gasteiger partial charge is 0.331 e. The fourth-order valence-corrected chi connectivity index (χ4v) is 6.56. The van der Waals surface area contributed by atoms with Crippen molar-refractivity contribution in [3.63, 3.8) is 0 Å². The SMILES string of the molecule is CCn1c(=O)c2[nH]c(-c3ccc(S(=O)(=O)N4CCN(Cc5cccc(OC)c5)CC4)cc3)cc2n(CC)c1=O. The zero-order valence-corrected chi connectivity index (χ0v) is 23.2. The molecule has 5 rings (SSSR count). The third-order valence-corrected chi connectivity index (χ3v) is 9.23. The second kappa shape index (κ2) is 10.8. The van der Waals surface area contributed by atoms with Crippen molar-refractivity contribution in [1.82, 2.24) is 23.3 Å². The van der Waals surface area contributed by atoms with Crippen LogP contribution in [0.5, 0.6) is 5.75 Å². The van der Waals surface area contributed by atoms with E-state index in [4.69, 9.17) is 4.74 Å². The predicted molar refractivity (Wildman–Crippen MR) is 151 cm³/mol. The average molecular weight is 552 g/mol. The van der Waals surface area contributed by atoms with E-state index >= 15 is 0 Å². The molecular weight excluding hydrogens is 518 g/mol. The van der Waals surface area contributed by atoms with Gasteiger partial charge in [-0.15, -0.1) is 0 Å². The molecule has 10 nitrogen and oxygen atoms in total. The number of aryl methyl sites for hydroxylation is 1. The van der Waals surface area contributed by atoms with Crippen LogP contribution in [0.1, 0.15) is 19.4 Å². The van der Waals surface area contributed by atoms with Gasteiger partial charge >= 0.3 is 5.69 Å². The Bertz CT molecular complexity index is 1710. The van der Waals surface area contributed by atoms with Crippen LogP contribution in [0.2, 0.25) is 0 Å². The number of hydrogen-bond acceptors (Lipinski definition) is 6. The van der Waals surface area contributed by atoms with Gasteiger partial charge in [0.2, 0.25) is 10.0 Å². The first-order chi connectivity index (χ1) is 18.8. The maximum atomic E-state index is 13.4. The Labute approximate surface area is 227 Å². The maximum absolute atomic E-state index is 13.4. The summed E-state index contributed by atoms with van der Waals surface area (Å²) in [6.45, 7) is 7.16. The van der Waals surface area contributed by atoms with Crippen LogP contribution >= 0.6 is 0 Å². The summed E-state index contributed by atoms with van der Waals surface area (Å²) in [7, 11) is -2.00. The molecule has 2 aromatic carbocycles. The van der Waals surface area contributed by atoms with Gasteiger partial charge in [-0.1, -0.05) is 24.3 Å². The van der Waals surface area contributed by atoms with Crippen LogP contribution in [0.4, 0.5) is 0 Å². The standard InChI is InChI=1S/C28H33N5O5S/c1-4-32-25-18-24(29-26(25)27(34)33(5-2)28(32)35)21-9-11-23(12-10-21)39(36,37)31-15-13-30(14-16-31)19-20-7-6-8-22(17-20)38-3/h6-12,17-18,29H,4-5,13-16,19H2,1-3H3. The van der Waals surface area contributed by atoms with Crippen molar-refractivity contribution >= 4 is 21.1 Å². The highest BCUT2D eigenvalue weighted by Crippen LogP contribution is 2.26. The van der Waals surface area contributed by atoms with Gasteiger partial charge in [-0.05, 0) is 55.3 Å². The lowest BCUT2D eigenvalue weighted by molar-refractivity contribution is 0.181. The van der Waals surface area contributed by atoms with Gasteiger partial charge in [-0.3, -0.25) is 18.8 Å². The summed E-state index contributed by atoms with van der Waals surface area (Å²) in [6, 6.07) is 16.3. The van der Waals surface area contributed by atoms with Crippen LogP contribution < -0.4 is 16.0 Å². The largest absolute Gasteiger partial charge is 0.497 e. The van der Waals surface area contributed by atoms with E-state index in [1.54, 1.807) is 48.9 Å². The van der Waals surface area contributed by atoms with E-state index < -0.39 is 10.0 Å². The third kappa shape index (κ3) is 5.05. The van der Waals surface area contributed by atoms with Gasteiger partial charge in [0.25, 0.3) is 5.56 Å². The molecule has 206 valence electrons.